The van der Waals surface area contributed by atoms with Crippen LogP contribution < -0.4 is 10.6 Å². The van der Waals surface area contributed by atoms with Crippen molar-refractivity contribution in [2.75, 3.05) is 19.7 Å². The van der Waals surface area contributed by atoms with Crippen molar-refractivity contribution < 1.29 is 13.5 Å². The highest BCUT2D eigenvalue weighted by atomic mass is 19.1. The maximum atomic E-state index is 13.0. The van der Waals surface area contributed by atoms with E-state index in [1.807, 2.05) is 12.1 Å². The van der Waals surface area contributed by atoms with Gasteiger partial charge in [0, 0.05) is 26.1 Å². The standard InChI is InChI=1S/C19H24FN3O2/c20-16-7-5-15(6-8-16)13-22-19(23-14-18-4-2-12-25-18)21-10-9-17-3-1-11-24-17/h1,3,5-8,11,18H,2,4,9-10,12-14H2,(H2,21,22,23). The number of hydrogen-bond acceptors (Lipinski definition) is 3. The average Bonchev–Trinajstić information content (AvgIpc) is 3.32. The summed E-state index contributed by atoms with van der Waals surface area (Å²) in [4.78, 5) is 4.59. The van der Waals surface area contributed by atoms with Gasteiger partial charge in [0.1, 0.15) is 11.6 Å². The van der Waals surface area contributed by atoms with Crippen molar-refractivity contribution in [2.24, 2.45) is 4.99 Å². The SMILES string of the molecule is Fc1ccc(CN=C(NCCc2ccco2)NCC2CCCO2)cc1. The van der Waals surface area contributed by atoms with E-state index in [4.69, 9.17) is 9.15 Å². The second-order valence-electron chi connectivity index (χ2n) is 6.06. The maximum Gasteiger partial charge on any atom is 0.191 e. The van der Waals surface area contributed by atoms with Gasteiger partial charge in [-0.05, 0) is 42.7 Å². The molecule has 6 heteroatoms. The summed E-state index contributed by atoms with van der Waals surface area (Å²) < 4.78 is 24.0. The minimum absolute atomic E-state index is 0.235. The highest BCUT2D eigenvalue weighted by Crippen LogP contribution is 2.10. The number of nitrogens with zero attached hydrogens (tertiary/aromatic N) is 1. The predicted molar refractivity (Wildman–Crippen MR) is 94.9 cm³/mol. The summed E-state index contributed by atoms with van der Waals surface area (Å²) in [5.74, 6) is 1.43. The number of halogens is 1. The fraction of sp³-hybridized carbons (Fsp3) is 0.421. The first kappa shape index (κ1) is 17.5. The molecule has 1 aliphatic heterocycles. The fourth-order valence-electron chi connectivity index (χ4n) is 2.71. The van der Waals surface area contributed by atoms with Crippen LogP contribution >= 0.6 is 0 Å². The number of guanidine groups is 1. The number of hydrogen-bond donors (Lipinski definition) is 2. The molecule has 1 saturated heterocycles. The largest absolute Gasteiger partial charge is 0.469 e. The Morgan fingerprint density at radius 3 is 2.80 bits per heavy atom. The van der Waals surface area contributed by atoms with Crippen LogP contribution in [0.15, 0.2) is 52.1 Å². The van der Waals surface area contributed by atoms with Gasteiger partial charge in [-0.15, -0.1) is 0 Å². The summed E-state index contributed by atoms with van der Waals surface area (Å²) in [6, 6.07) is 10.2. The molecule has 3 rings (SSSR count). The fourth-order valence-corrected chi connectivity index (χ4v) is 2.71. The molecular weight excluding hydrogens is 321 g/mol. The van der Waals surface area contributed by atoms with Crippen molar-refractivity contribution in [1.82, 2.24) is 10.6 Å². The molecule has 0 saturated carbocycles. The van der Waals surface area contributed by atoms with Crippen molar-refractivity contribution in [3.05, 3.63) is 59.8 Å². The molecule has 2 heterocycles. The zero-order valence-corrected chi connectivity index (χ0v) is 14.2. The predicted octanol–water partition coefficient (Wildman–Crippen LogP) is 2.88. The quantitative estimate of drug-likeness (QED) is 0.598. The minimum Gasteiger partial charge on any atom is -0.469 e. The summed E-state index contributed by atoms with van der Waals surface area (Å²) in [5, 5.41) is 6.65. The van der Waals surface area contributed by atoms with E-state index in [1.165, 1.54) is 12.1 Å². The van der Waals surface area contributed by atoms with Gasteiger partial charge in [-0.3, -0.25) is 0 Å². The second kappa shape index (κ2) is 9.22. The van der Waals surface area contributed by atoms with Gasteiger partial charge in [-0.25, -0.2) is 9.38 Å². The number of aliphatic imine (C=N–C) groups is 1. The van der Waals surface area contributed by atoms with E-state index >= 15 is 0 Å². The molecular formula is C19H24FN3O2. The van der Waals surface area contributed by atoms with Gasteiger partial charge < -0.3 is 19.8 Å². The van der Waals surface area contributed by atoms with E-state index in [-0.39, 0.29) is 11.9 Å². The normalized spacial score (nSPS) is 17.6. The molecule has 0 radical (unpaired) electrons. The first-order chi connectivity index (χ1) is 12.3. The highest BCUT2D eigenvalue weighted by molar-refractivity contribution is 5.79. The lowest BCUT2D eigenvalue weighted by molar-refractivity contribution is 0.114. The Balaban J connectivity index is 1.53. The molecule has 2 N–H and O–H groups in total. The van der Waals surface area contributed by atoms with Gasteiger partial charge in [-0.1, -0.05) is 12.1 Å². The molecule has 1 aliphatic rings. The van der Waals surface area contributed by atoms with Crippen molar-refractivity contribution in [3.63, 3.8) is 0 Å². The van der Waals surface area contributed by atoms with Gasteiger partial charge in [0.05, 0.1) is 18.9 Å². The lowest BCUT2D eigenvalue weighted by Crippen LogP contribution is -2.41. The smallest absolute Gasteiger partial charge is 0.191 e. The summed E-state index contributed by atoms with van der Waals surface area (Å²) in [5.41, 5.74) is 0.964. The highest BCUT2D eigenvalue weighted by Gasteiger charge is 2.15. The maximum absolute atomic E-state index is 13.0. The number of ether oxygens (including phenoxy) is 1. The van der Waals surface area contributed by atoms with Crippen LogP contribution in [0.25, 0.3) is 0 Å². The number of rotatable bonds is 7. The Labute approximate surface area is 147 Å². The van der Waals surface area contributed by atoms with Crippen molar-refractivity contribution >= 4 is 5.96 Å². The lowest BCUT2D eigenvalue weighted by atomic mass is 10.2. The third kappa shape index (κ3) is 5.90. The first-order valence-electron chi connectivity index (χ1n) is 8.70. The van der Waals surface area contributed by atoms with Crippen LogP contribution in [0.4, 0.5) is 4.39 Å². The molecule has 2 aromatic rings. The first-order valence-corrected chi connectivity index (χ1v) is 8.70. The molecule has 0 amide bonds. The zero-order valence-electron chi connectivity index (χ0n) is 14.2. The second-order valence-corrected chi connectivity index (χ2v) is 6.06. The Hall–Kier alpha value is -2.34. The molecule has 1 fully saturated rings. The number of benzene rings is 1. The molecule has 1 aromatic carbocycles. The van der Waals surface area contributed by atoms with Gasteiger partial charge in [0.15, 0.2) is 5.96 Å². The van der Waals surface area contributed by atoms with E-state index < -0.39 is 0 Å². The lowest BCUT2D eigenvalue weighted by Gasteiger charge is -2.15. The van der Waals surface area contributed by atoms with E-state index in [1.54, 1.807) is 18.4 Å². The third-order valence-electron chi connectivity index (χ3n) is 4.10. The van der Waals surface area contributed by atoms with Crippen LogP contribution in [0.1, 0.15) is 24.2 Å². The van der Waals surface area contributed by atoms with E-state index in [2.05, 4.69) is 15.6 Å². The minimum atomic E-state index is -0.235. The van der Waals surface area contributed by atoms with E-state index in [0.717, 1.165) is 49.7 Å². The van der Waals surface area contributed by atoms with Gasteiger partial charge in [0.2, 0.25) is 0 Å². The Morgan fingerprint density at radius 1 is 1.20 bits per heavy atom. The van der Waals surface area contributed by atoms with Gasteiger partial charge in [0.25, 0.3) is 0 Å². The molecule has 5 nitrogen and oxygen atoms in total. The average molecular weight is 345 g/mol. The molecule has 1 aromatic heterocycles. The summed E-state index contributed by atoms with van der Waals surface area (Å²) in [7, 11) is 0. The molecule has 134 valence electrons. The van der Waals surface area contributed by atoms with Gasteiger partial charge >= 0.3 is 0 Å². The monoisotopic (exact) mass is 345 g/mol. The van der Waals surface area contributed by atoms with E-state index in [9.17, 15) is 4.39 Å². The van der Waals surface area contributed by atoms with Crippen LogP contribution in [0, 0.1) is 5.82 Å². The Kier molecular flexibility index (Phi) is 6.45. The number of furan rings is 1. The third-order valence-corrected chi connectivity index (χ3v) is 4.10. The van der Waals surface area contributed by atoms with Crippen molar-refractivity contribution in [1.29, 1.82) is 0 Å². The van der Waals surface area contributed by atoms with Gasteiger partial charge in [-0.2, -0.15) is 0 Å². The molecule has 1 unspecified atom stereocenters. The topological polar surface area (TPSA) is 58.8 Å². The van der Waals surface area contributed by atoms with Crippen LogP contribution in [-0.4, -0.2) is 31.8 Å². The molecule has 1 atom stereocenters. The summed E-state index contributed by atoms with van der Waals surface area (Å²) in [6.07, 6.45) is 4.88. The van der Waals surface area contributed by atoms with Crippen LogP contribution in [0.5, 0.6) is 0 Å². The molecule has 0 bridgehead atoms. The summed E-state index contributed by atoms with van der Waals surface area (Å²) in [6.45, 7) is 2.77. The summed E-state index contributed by atoms with van der Waals surface area (Å²) >= 11 is 0. The molecule has 0 spiro atoms. The van der Waals surface area contributed by atoms with Crippen LogP contribution in [0.3, 0.4) is 0 Å². The Bertz CT molecular complexity index is 650. The van der Waals surface area contributed by atoms with Crippen LogP contribution in [0.2, 0.25) is 0 Å². The molecule has 25 heavy (non-hydrogen) atoms. The number of nitrogens with one attached hydrogen (secondary N) is 2. The molecule has 0 aliphatic carbocycles. The van der Waals surface area contributed by atoms with Crippen LogP contribution in [-0.2, 0) is 17.7 Å². The van der Waals surface area contributed by atoms with Crippen molar-refractivity contribution in [3.8, 4) is 0 Å². The Morgan fingerprint density at radius 2 is 2.08 bits per heavy atom. The van der Waals surface area contributed by atoms with E-state index in [0.29, 0.717) is 13.1 Å². The van der Waals surface area contributed by atoms with Crippen molar-refractivity contribution in [2.45, 2.75) is 31.9 Å². The zero-order chi connectivity index (χ0) is 17.3.